The van der Waals surface area contributed by atoms with Gasteiger partial charge in [-0.05, 0) is 79.8 Å². The van der Waals surface area contributed by atoms with Gasteiger partial charge in [-0.15, -0.1) is 0 Å². The maximum absolute atomic E-state index is 6.45. The Morgan fingerprint density at radius 1 is 0.362 bits per heavy atom. The van der Waals surface area contributed by atoms with Crippen molar-refractivity contribution in [1.82, 2.24) is 9.97 Å². The number of furan rings is 1. The molecule has 0 spiro atoms. The van der Waals surface area contributed by atoms with Gasteiger partial charge in [0.05, 0.1) is 11.4 Å². The van der Waals surface area contributed by atoms with Crippen molar-refractivity contribution in [1.29, 1.82) is 0 Å². The summed E-state index contributed by atoms with van der Waals surface area (Å²) >= 11 is 0. The summed E-state index contributed by atoms with van der Waals surface area (Å²) in [7, 11) is 0. The molecule has 218 valence electrons. The average molecular weight is 599 g/mol. The van der Waals surface area contributed by atoms with E-state index in [0.29, 0.717) is 5.82 Å². The first-order valence-corrected chi connectivity index (χ1v) is 15.9. The molecule has 0 radical (unpaired) electrons. The summed E-state index contributed by atoms with van der Waals surface area (Å²) in [5.41, 5.74) is 8.82. The highest BCUT2D eigenvalue weighted by atomic mass is 16.3. The lowest BCUT2D eigenvalue weighted by molar-refractivity contribution is 0.669. The van der Waals surface area contributed by atoms with Crippen LogP contribution in [-0.2, 0) is 0 Å². The minimum absolute atomic E-state index is 0.696. The molecule has 2 heterocycles. The predicted octanol–water partition coefficient (Wildman–Crippen LogP) is 11.9. The fourth-order valence-corrected chi connectivity index (χ4v) is 7.20. The Morgan fingerprint density at radius 3 is 1.74 bits per heavy atom. The van der Waals surface area contributed by atoms with Crippen LogP contribution in [0.5, 0.6) is 0 Å². The molecule has 0 saturated heterocycles. The number of hydrogen-bond donors (Lipinski definition) is 0. The Kier molecular flexibility index (Phi) is 5.57. The molecule has 0 unspecified atom stereocenters. The van der Waals surface area contributed by atoms with E-state index in [9.17, 15) is 0 Å². The Morgan fingerprint density at radius 2 is 1.00 bits per heavy atom. The van der Waals surface area contributed by atoms with Crippen molar-refractivity contribution in [3.8, 4) is 45.0 Å². The molecule has 0 aliphatic heterocycles. The van der Waals surface area contributed by atoms with Crippen LogP contribution in [0.2, 0.25) is 0 Å². The lowest BCUT2D eigenvalue weighted by Gasteiger charge is -2.13. The van der Waals surface area contributed by atoms with Crippen molar-refractivity contribution in [2.45, 2.75) is 0 Å². The summed E-state index contributed by atoms with van der Waals surface area (Å²) in [4.78, 5) is 10.2. The van der Waals surface area contributed by atoms with E-state index in [-0.39, 0.29) is 0 Å². The Bertz CT molecular complexity index is 2660. The van der Waals surface area contributed by atoms with Gasteiger partial charge in [-0.1, -0.05) is 121 Å². The highest BCUT2D eigenvalue weighted by molar-refractivity contribution is 6.24. The third-order valence-corrected chi connectivity index (χ3v) is 9.40. The highest BCUT2D eigenvalue weighted by Gasteiger charge is 2.18. The maximum Gasteiger partial charge on any atom is 0.160 e. The van der Waals surface area contributed by atoms with Gasteiger partial charge in [-0.3, -0.25) is 0 Å². The van der Waals surface area contributed by atoms with Gasteiger partial charge in [0.1, 0.15) is 11.2 Å². The zero-order valence-corrected chi connectivity index (χ0v) is 25.3. The van der Waals surface area contributed by atoms with Crippen molar-refractivity contribution in [2.75, 3.05) is 0 Å². The molecule has 3 heteroatoms. The first-order valence-electron chi connectivity index (χ1n) is 15.9. The van der Waals surface area contributed by atoms with Crippen LogP contribution in [0.25, 0.3) is 99.3 Å². The monoisotopic (exact) mass is 598 g/mol. The molecule has 10 rings (SSSR count). The number of nitrogens with zero attached hydrogens (tertiary/aromatic N) is 2. The van der Waals surface area contributed by atoms with Crippen LogP contribution in [0, 0.1) is 0 Å². The lowest BCUT2D eigenvalue weighted by Crippen LogP contribution is -1.96. The van der Waals surface area contributed by atoms with Crippen molar-refractivity contribution in [3.05, 3.63) is 158 Å². The van der Waals surface area contributed by atoms with E-state index in [1.165, 1.54) is 37.9 Å². The second-order valence-corrected chi connectivity index (χ2v) is 12.2. The van der Waals surface area contributed by atoms with Crippen LogP contribution >= 0.6 is 0 Å². The van der Waals surface area contributed by atoms with E-state index in [0.717, 1.165) is 55.6 Å². The molecular formula is C44H26N2O. The zero-order chi connectivity index (χ0) is 30.9. The number of hydrogen-bond acceptors (Lipinski definition) is 3. The number of benzene rings is 8. The van der Waals surface area contributed by atoms with E-state index < -0.39 is 0 Å². The van der Waals surface area contributed by atoms with E-state index in [2.05, 4.69) is 109 Å². The van der Waals surface area contributed by atoms with Gasteiger partial charge in [-0.25, -0.2) is 9.97 Å². The van der Waals surface area contributed by atoms with Gasteiger partial charge in [0.2, 0.25) is 0 Å². The molecule has 10 aromatic rings. The van der Waals surface area contributed by atoms with Crippen LogP contribution in [0.3, 0.4) is 0 Å². The normalized spacial score (nSPS) is 11.8. The van der Waals surface area contributed by atoms with Crippen LogP contribution in [0.4, 0.5) is 0 Å². The molecular weight excluding hydrogens is 572 g/mol. The summed E-state index contributed by atoms with van der Waals surface area (Å²) in [6.07, 6.45) is 0. The first kappa shape index (κ1) is 26.0. The topological polar surface area (TPSA) is 38.9 Å². The molecule has 0 N–H and O–H groups in total. The van der Waals surface area contributed by atoms with Gasteiger partial charge in [0.15, 0.2) is 5.82 Å². The quantitative estimate of drug-likeness (QED) is 0.189. The molecule has 8 aromatic carbocycles. The number of fused-ring (bicyclic) bond motifs is 3. The predicted molar refractivity (Wildman–Crippen MR) is 195 cm³/mol. The average Bonchev–Trinajstić information content (AvgIpc) is 3.52. The Balaban J connectivity index is 1.19. The minimum atomic E-state index is 0.696. The standard InChI is InChI=1S/C44H26N2O/c1-3-9-27(10-4-1)37-26-38(46-44(45-37)30-11-5-2-6-12-30)35-15-8-16-40-43(35)36-25-31(21-22-39(36)47-40)34-23-32-19-17-28-13-7-14-29-18-20-33(24-34)42(32)41(28)29/h1-26H. The lowest BCUT2D eigenvalue weighted by atomic mass is 9.91. The second-order valence-electron chi connectivity index (χ2n) is 12.2. The molecule has 0 bridgehead atoms. The molecule has 0 saturated carbocycles. The van der Waals surface area contributed by atoms with Gasteiger partial charge in [-0.2, -0.15) is 0 Å². The highest BCUT2D eigenvalue weighted by Crippen LogP contribution is 2.41. The molecule has 2 aromatic heterocycles. The number of rotatable bonds is 4. The van der Waals surface area contributed by atoms with Crippen molar-refractivity contribution in [2.24, 2.45) is 0 Å². The smallest absolute Gasteiger partial charge is 0.160 e. The SMILES string of the molecule is c1ccc(-c2cc(-c3cccc4oc5ccc(-c6cc7ccc8cccc9ccc(c6)c7c89)cc5c34)nc(-c3ccccc3)n2)cc1. The van der Waals surface area contributed by atoms with Crippen LogP contribution in [0.15, 0.2) is 162 Å². The van der Waals surface area contributed by atoms with E-state index >= 15 is 0 Å². The summed E-state index contributed by atoms with van der Waals surface area (Å²) in [5, 5.41) is 9.85. The summed E-state index contributed by atoms with van der Waals surface area (Å²) in [6.45, 7) is 0. The first-order chi connectivity index (χ1) is 23.3. The third kappa shape index (κ3) is 4.14. The van der Waals surface area contributed by atoms with E-state index in [1.807, 2.05) is 48.5 Å². The van der Waals surface area contributed by atoms with Crippen molar-refractivity contribution >= 4 is 54.3 Å². The Hall–Kier alpha value is -6.32. The summed E-state index contributed by atoms with van der Waals surface area (Å²) in [5.74, 6) is 0.696. The molecule has 3 nitrogen and oxygen atoms in total. The summed E-state index contributed by atoms with van der Waals surface area (Å²) < 4.78 is 6.45. The van der Waals surface area contributed by atoms with Gasteiger partial charge in [0, 0.05) is 27.5 Å². The van der Waals surface area contributed by atoms with Gasteiger partial charge in [0.25, 0.3) is 0 Å². The number of aromatic nitrogens is 2. The molecule has 0 amide bonds. The fourth-order valence-electron chi connectivity index (χ4n) is 7.20. The van der Waals surface area contributed by atoms with E-state index in [1.54, 1.807) is 0 Å². The molecule has 0 fully saturated rings. The largest absolute Gasteiger partial charge is 0.456 e. The molecule has 47 heavy (non-hydrogen) atoms. The van der Waals surface area contributed by atoms with Gasteiger partial charge >= 0.3 is 0 Å². The third-order valence-electron chi connectivity index (χ3n) is 9.40. The maximum atomic E-state index is 6.45. The fraction of sp³-hybridized carbons (Fsp3) is 0. The van der Waals surface area contributed by atoms with Crippen molar-refractivity contribution in [3.63, 3.8) is 0 Å². The van der Waals surface area contributed by atoms with Crippen LogP contribution in [0.1, 0.15) is 0 Å². The molecule has 0 atom stereocenters. The Labute approximate surface area is 270 Å². The molecule has 0 aliphatic carbocycles. The molecule has 0 aliphatic rings. The van der Waals surface area contributed by atoms with Crippen molar-refractivity contribution < 1.29 is 4.42 Å². The zero-order valence-electron chi connectivity index (χ0n) is 25.3. The van der Waals surface area contributed by atoms with Gasteiger partial charge < -0.3 is 4.42 Å². The van der Waals surface area contributed by atoms with Crippen LogP contribution in [-0.4, -0.2) is 9.97 Å². The second kappa shape index (κ2) is 10.1. The van der Waals surface area contributed by atoms with E-state index in [4.69, 9.17) is 14.4 Å². The summed E-state index contributed by atoms with van der Waals surface area (Å²) in [6, 6.07) is 55.5. The minimum Gasteiger partial charge on any atom is -0.456 e. The van der Waals surface area contributed by atoms with Crippen LogP contribution < -0.4 is 0 Å².